The zero-order valence-electron chi connectivity index (χ0n) is 13.2. The zero-order valence-corrected chi connectivity index (χ0v) is 13.2. The molecule has 3 amide bonds. The van der Waals surface area contributed by atoms with Gasteiger partial charge in [0, 0.05) is 38.7 Å². The highest BCUT2D eigenvalue weighted by Gasteiger charge is 2.11. The first-order chi connectivity index (χ1) is 11.1. The van der Waals surface area contributed by atoms with E-state index in [4.69, 9.17) is 0 Å². The minimum atomic E-state index is -0.321. The van der Waals surface area contributed by atoms with Crippen molar-refractivity contribution in [3.8, 4) is 0 Å². The normalized spacial score (nSPS) is 10.0. The van der Waals surface area contributed by atoms with E-state index in [9.17, 15) is 9.59 Å². The van der Waals surface area contributed by atoms with Gasteiger partial charge in [-0.15, -0.1) is 0 Å². The molecule has 2 N–H and O–H groups in total. The number of aromatic nitrogens is 1. The molecule has 0 radical (unpaired) electrons. The number of amides is 3. The largest absolute Gasteiger partial charge is 0.349 e. The van der Waals surface area contributed by atoms with Crippen LogP contribution in [-0.2, 0) is 17.8 Å². The van der Waals surface area contributed by atoms with E-state index in [0.717, 1.165) is 11.1 Å². The van der Waals surface area contributed by atoms with Crippen LogP contribution in [0.15, 0.2) is 48.8 Å². The number of rotatable bonds is 5. The number of urea groups is 1. The Morgan fingerprint density at radius 1 is 1.13 bits per heavy atom. The minimum absolute atomic E-state index is 0.0185. The highest BCUT2D eigenvalue weighted by atomic mass is 16.2. The summed E-state index contributed by atoms with van der Waals surface area (Å²) in [6.07, 6.45) is 3.62. The molecule has 6 nitrogen and oxygen atoms in total. The smallest absolute Gasteiger partial charge is 0.319 e. The summed E-state index contributed by atoms with van der Waals surface area (Å²) >= 11 is 0. The van der Waals surface area contributed by atoms with Crippen LogP contribution in [0.3, 0.4) is 0 Å². The second-order valence-electron chi connectivity index (χ2n) is 5.29. The number of pyridine rings is 1. The van der Waals surface area contributed by atoms with Gasteiger partial charge in [-0.2, -0.15) is 0 Å². The molecular formula is C17H20N4O2. The van der Waals surface area contributed by atoms with Crippen molar-refractivity contribution in [1.29, 1.82) is 0 Å². The Labute approximate surface area is 135 Å². The number of hydrogen-bond donors (Lipinski definition) is 2. The van der Waals surface area contributed by atoms with E-state index < -0.39 is 0 Å². The van der Waals surface area contributed by atoms with E-state index in [1.807, 2.05) is 30.3 Å². The summed E-state index contributed by atoms with van der Waals surface area (Å²) in [5.74, 6) is -0.0185. The van der Waals surface area contributed by atoms with E-state index in [0.29, 0.717) is 12.2 Å². The Morgan fingerprint density at radius 2 is 1.91 bits per heavy atom. The van der Waals surface area contributed by atoms with Crippen LogP contribution < -0.4 is 10.6 Å². The Morgan fingerprint density at radius 3 is 2.61 bits per heavy atom. The number of nitrogens with one attached hydrogen (secondary N) is 2. The molecule has 0 atom stereocenters. The van der Waals surface area contributed by atoms with E-state index in [1.54, 1.807) is 32.6 Å². The van der Waals surface area contributed by atoms with Crippen LogP contribution in [0, 0.1) is 0 Å². The van der Waals surface area contributed by atoms with Crippen LogP contribution in [-0.4, -0.2) is 35.9 Å². The molecule has 0 saturated carbocycles. The summed E-state index contributed by atoms with van der Waals surface area (Å²) < 4.78 is 0. The molecule has 2 rings (SSSR count). The van der Waals surface area contributed by atoms with Crippen molar-refractivity contribution in [3.63, 3.8) is 0 Å². The summed E-state index contributed by atoms with van der Waals surface area (Å²) in [6, 6.07) is 10.7. The number of para-hydroxylation sites is 1. The third-order valence-corrected chi connectivity index (χ3v) is 3.28. The molecule has 0 spiro atoms. The van der Waals surface area contributed by atoms with E-state index in [-0.39, 0.29) is 18.4 Å². The van der Waals surface area contributed by atoms with Gasteiger partial charge in [0.25, 0.3) is 0 Å². The summed E-state index contributed by atoms with van der Waals surface area (Å²) in [7, 11) is 3.41. The SMILES string of the molecule is CN(C)C(=O)Cc1ccccc1NC(=O)NCc1cccnc1. The fraction of sp³-hybridized carbons (Fsp3) is 0.235. The van der Waals surface area contributed by atoms with Gasteiger partial charge in [-0.3, -0.25) is 9.78 Å². The molecular weight excluding hydrogens is 292 g/mol. The van der Waals surface area contributed by atoms with Gasteiger partial charge in [-0.05, 0) is 23.3 Å². The number of carbonyl (C=O) groups is 2. The lowest BCUT2D eigenvalue weighted by Gasteiger charge is -2.14. The van der Waals surface area contributed by atoms with Crippen LogP contribution in [0.1, 0.15) is 11.1 Å². The lowest BCUT2D eigenvalue weighted by Crippen LogP contribution is -2.29. The second-order valence-corrected chi connectivity index (χ2v) is 5.29. The molecule has 1 aromatic heterocycles. The van der Waals surface area contributed by atoms with Crippen molar-refractivity contribution >= 4 is 17.6 Å². The van der Waals surface area contributed by atoms with Crippen molar-refractivity contribution in [2.45, 2.75) is 13.0 Å². The van der Waals surface area contributed by atoms with Crippen LogP contribution in [0.4, 0.5) is 10.5 Å². The lowest BCUT2D eigenvalue weighted by molar-refractivity contribution is -0.127. The number of nitrogens with zero attached hydrogens (tertiary/aromatic N) is 2. The molecule has 1 aromatic carbocycles. The van der Waals surface area contributed by atoms with Crippen molar-refractivity contribution < 1.29 is 9.59 Å². The first-order valence-electron chi connectivity index (χ1n) is 7.28. The average Bonchev–Trinajstić information content (AvgIpc) is 2.55. The van der Waals surface area contributed by atoms with Crippen LogP contribution in [0.25, 0.3) is 0 Å². The minimum Gasteiger partial charge on any atom is -0.349 e. The molecule has 23 heavy (non-hydrogen) atoms. The molecule has 0 aliphatic heterocycles. The molecule has 0 aliphatic carbocycles. The highest BCUT2D eigenvalue weighted by molar-refractivity contribution is 5.91. The molecule has 0 fully saturated rings. The summed E-state index contributed by atoms with van der Waals surface area (Å²) in [5, 5.41) is 5.55. The summed E-state index contributed by atoms with van der Waals surface area (Å²) in [6.45, 7) is 0.387. The van der Waals surface area contributed by atoms with Crippen LogP contribution >= 0.6 is 0 Å². The molecule has 0 aliphatic rings. The van der Waals surface area contributed by atoms with Gasteiger partial charge in [0.2, 0.25) is 5.91 Å². The maximum absolute atomic E-state index is 12.0. The Bertz CT molecular complexity index is 671. The van der Waals surface area contributed by atoms with Crippen LogP contribution in [0.5, 0.6) is 0 Å². The Hall–Kier alpha value is -2.89. The van der Waals surface area contributed by atoms with Gasteiger partial charge >= 0.3 is 6.03 Å². The molecule has 1 heterocycles. The molecule has 2 aromatic rings. The van der Waals surface area contributed by atoms with E-state index in [2.05, 4.69) is 15.6 Å². The maximum atomic E-state index is 12.0. The highest BCUT2D eigenvalue weighted by Crippen LogP contribution is 2.16. The topological polar surface area (TPSA) is 74.3 Å². The lowest BCUT2D eigenvalue weighted by atomic mass is 10.1. The summed E-state index contributed by atoms with van der Waals surface area (Å²) in [5.41, 5.74) is 2.33. The third-order valence-electron chi connectivity index (χ3n) is 3.28. The van der Waals surface area contributed by atoms with Crippen molar-refractivity contribution in [2.24, 2.45) is 0 Å². The van der Waals surface area contributed by atoms with Gasteiger partial charge in [-0.1, -0.05) is 24.3 Å². The Balaban J connectivity index is 1.96. The van der Waals surface area contributed by atoms with Gasteiger partial charge in [0.05, 0.1) is 6.42 Å². The van der Waals surface area contributed by atoms with E-state index >= 15 is 0 Å². The van der Waals surface area contributed by atoms with Gasteiger partial charge < -0.3 is 15.5 Å². The predicted octanol–water partition coefficient (Wildman–Crippen LogP) is 2.03. The fourth-order valence-corrected chi connectivity index (χ4v) is 1.97. The Kier molecular flexibility index (Phi) is 5.68. The number of likely N-dealkylation sites (N-methyl/N-ethyl adjacent to an activating group) is 1. The average molecular weight is 312 g/mol. The molecule has 0 bridgehead atoms. The second kappa shape index (κ2) is 7.93. The van der Waals surface area contributed by atoms with Crippen molar-refractivity contribution in [3.05, 3.63) is 59.9 Å². The third kappa shape index (κ3) is 5.10. The number of anilines is 1. The summed E-state index contributed by atoms with van der Waals surface area (Å²) in [4.78, 5) is 29.4. The first kappa shape index (κ1) is 16.5. The van der Waals surface area contributed by atoms with Crippen molar-refractivity contribution in [1.82, 2.24) is 15.2 Å². The van der Waals surface area contributed by atoms with Gasteiger partial charge in [-0.25, -0.2) is 4.79 Å². The van der Waals surface area contributed by atoms with Crippen molar-refractivity contribution in [2.75, 3.05) is 19.4 Å². The number of benzene rings is 1. The first-order valence-corrected chi connectivity index (χ1v) is 7.28. The van der Waals surface area contributed by atoms with Gasteiger partial charge in [0.15, 0.2) is 0 Å². The van der Waals surface area contributed by atoms with Gasteiger partial charge in [0.1, 0.15) is 0 Å². The number of hydrogen-bond acceptors (Lipinski definition) is 3. The molecule has 120 valence electrons. The monoisotopic (exact) mass is 312 g/mol. The van der Waals surface area contributed by atoms with Crippen LogP contribution in [0.2, 0.25) is 0 Å². The molecule has 0 unspecified atom stereocenters. The quantitative estimate of drug-likeness (QED) is 0.887. The fourth-order valence-electron chi connectivity index (χ4n) is 1.97. The maximum Gasteiger partial charge on any atom is 0.319 e. The molecule has 6 heteroatoms. The predicted molar refractivity (Wildman–Crippen MR) is 88.9 cm³/mol. The van der Waals surface area contributed by atoms with E-state index in [1.165, 1.54) is 4.90 Å². The number of carbonyl (C=O) groups excluding carboxylic acids is 2. The standard InChI is InChI=1S/C17H20N4O2/c1-21(2)16(22)10-14-7-3-4-8-15(14)20-17(23)19-12-13-6-5-9-18-11-13/h3-9,11H,10,12H2,1-2H3,(H2,19,20,23). The molecule has 0 saturated heterocycles. The zero-order chi connectivity index (χ0) is 16.7.